The van der Waals surface area contributed by atoms with Crippen molar-refractivity contribution < 1.29 is 9.53 Å². The van der Waals surface area contributed by atoms with Gasteiger partial charge >= 0.3 is 0 Å². The van der Waals surface area contributed by atoms with Crippen LogP contribution in [0.1, 0.15) is 39.5 Å². The van der Waals surface area contributed by atoms with Crippen molar-refractivity contribution in [1.29, 1.82) is 0 Å². The van der Waals surface area contributed by atoms with Crippen LogP contribution in [-0.4, -0.2) is 18.6 Å². The quantitative estimate of drug-likeness (QED) is 0.869. The standard InChI is InChI=1S/C17H26N2O2.ClH/c1-12(2)11-21-16-9-4-3-8-15(16)19-17(20)13-6-5-7-14(18)10-13;/h3-4,8-9,12-14H,5-7,10-11,18H2,1-2H3,(H,19,20);1H. The summed E-state index contributed by atoms with van der Waals surface area (Å²) in [5.74, 6) is 1.27. The number of halogens is 1. The number of hydrogen-bond acceptors (Lipinski definition) is 3. The second-order valence-electron chi connectivity index (χ2n) is 6.31. The fourth-order valence-electron chi connectivity index (χ4n) is 2.65. The molecule has 2 unspecified atom stereocenters. The predicted octanol–water partition coefficient (Wildman–Crippen LogP) is 3.60. The van der Waals surface area contributed by atoms with Crippen molar-refractivity contribution in [2.75, 3.05) is 11.9 Å². The average Bonchev–Trinajstić information content (AvgIpc) is 2.46. The van der Waals surface area contributed by atoms with Gasteiger partial charge in [-0.3, -0.25) is 4.79 Å². The van der Waals surface area contributed by atoms with E-state index in [0.29, 0.717) is 12.5 Å². The van der Waals surface area contributed by atoms with Crippen LogP contribution in [0.15, 0.2) is 24.3 Å². The molecule has 0 aromatic heterocycles. The molecule has 2 rings (SSSR count). The van der Waals surface area contributed by atoms with E-state index in [1.807, 2.05) is 24.3 Å². The van der Waals surface area contributed by atoms with Crippen LogP contribution < -0.4 is 15.8 Å². The zero-order valence-corrected chi connectivity index (χ0v) is 14.2. The van der Waals surface area contributed by atoms with E-state index in [0.717, 1.165) is 37.1 Å². The first-order chi connectivity index (χ1) is 10.1. The highest BCUT2D eigenvalue weighted by atomic mass is 35.5. The molecule has 22 heavy (non-hydrogen) atoms. The minimum atomic E-state index is 0. The average molecular weight is 327 g/mol. The van der Waals surface area contributed by atoms with Crippen LogP contribution in [0.2, 0.25) is 0 Å². The molecule has 3 N–H and O–H groups in total. The van der Waals surface area contributed by atoms with E-state index in [2.05, 4.69) is 19.2 Å². The summed E-state index contributed by atoms with van der Waals surface area (Å²) in [6, 6.07) is 7.76. The molecule has 0 radical (unpaired) electrons. The molecule has 1 aliphatic carbocycles. The molecular formula is C17H27ClN2O2. The molecule has 5 heteroatoms. The first-order valence-electron chi connectivity index (χ1n) is 7.84. The van der Waals surface area contributed by atoms with Crippen molar-refractivity contribution in [3.63, 3.8) is 0 Å². The zero-order valence-electron chi connectivity index (χ0n) is 13.4. The van der Waals surface area contributed by atoms with Crippen molar-refractivity contribution in [2.45, 2.75) is 45.6 Å². The minimum absolute atomic E-state index is 0. The van der Waals surface area contributed by atoms with E-state index in [1.165, 1.54) is 0 Å². The maximum Gasteiger partial charge on any atom is 0.227 e. The topological polar surface area (TPSA) is 64.3 Å². The van der Waals surface area contributed by atoms with Crippen LogP contribution >= 0.6 is 12.4 Å². The van der Waals surface area contributed by atoms with Gasteiger partial charge < -0.3 is 15.8 Å². The van der Waals surface area contributed by atoms with Gasteiger partial charge in [-0.15, -0.1) is 12.4 Å². The molecule has 1 aromatic rings. The minimum Gasteiger partial charge on any atom is -0.491 e. The van der Waals surface area contributed by atoms with Gasteiger partial charge in [0.05, 0.1) is 12.3 Å². The van der Waals surface area contributed by atoms with Crippen LogP contribution in [0.3, 0.4) is 0 Å². The van der Waals surface area contributed by atoms with E-state index >= 15 is 0 Å². The molecule has 0 bridgehead atoms. The third-order valence-electron chi connectivity index (χ3n) is 3.80. The van der Waals surface area contributed by atoms with E-state index < -0.39 is 0 Å². The lowest BCUT2D eigenvalue weighted by Gasteiger charge is -2.26. The van der Waals surface area contributed by atoms with Crippen molar-refractivity contribution in [3.05, 3.63) is 24.3 Å². The highest BCUT2D eigenvalue weighted by molar-refractivity contribution is 5.94. The molecule has 0 aliphatic heterocycles. The van der Waals surface area contributed by atoms with Gasteiger partial charge in [0.25, 0.3) is 0 Å². The van der Waals surface area contributed by atoms with Gasteiger partial charge in [0.15, 0.2) is 0 Å². The molecule has 1 aromatic carbocycles. The van der Waals surface area contributed by atoms with Gasteiger partial charge in [-0.2, -0.15) is 0 Å². The van der Waals surface area contributed by atoms with Gasteiger partial charge in [-0.25, -0.2) is 0 Å². The summed E-state index contributed by atoms with van der Waals surface area (Å²) < 4.78 is 5.77. The third-order valence-corrected chi connectivity index (χ3v) is 3.80. The molecule has 1 saturated carbocycles. The van der Waals surface area contributed by atoms with Crippen molar-refractivity contribution in [3.8, 4) is 5.75 Å². The van der Waals surface area contributed by atoms with Crippen molar-refractivity contribution in [1.82, 2.24) is 0 Å². The Morgan fingerprint density at radius 2 is 2.09 bits per heavy atom. The van der Waals surface area contributed by atoms with Gasteiger partial charge in [0.2, 0.25) is 5.91 Å². The molecule has 4 nitrogen and oxygen atoms in total. The zero-order chi connectivity index (χ0) is 15.2. The molecule has 124 valence electrons. The summed E-state index contributed by atoms with van der Waals surface area (Å²) in [6.45, 7) is 4.84. The Morgan fingerprint density at radius 1 is 1.36 bits per heavy atom. The van der Waals surface area contributed by atoms with Gasteiger partial charge in [-0.05, 0) is 37.3 Å². The van der Waals surface area contributed by atoms with E-state index in [4.69, 9.17) is 10.5 Å². The summed E-state index contributed by atoms with van der Waals surface area (Å²) in [5.41, 5.74) is 6.71. The maximum absolute atomic E-state index is 12.4. The van der Waals surface area contributed by atoms with Crippen molar-refractivity contribution in [2.24, 2.45) is 17.6 Å². The summed E-state index contributed by atoms with van der Waals surface area (Å²) in [6.07, 6.45) is 3.76. The summed E-state index contributed by atoms with van der Waals surface area (Å²) in [4.78, 5) is 12.4. The smallest absolute Gasteiger partial charge is 0.227 e. The number of amides is 1. The second kappa shape index (κ2) is 9.01. The molecule has 1 amide bonds. The molecular weight excluding hydrogens is 300 g/mol. The van der Waals surface area contributed by atoms with Gasteiger partial charge in [-0.1, -0.05) is 32.4 Å². The Labute approximate surface area is 139 Å². The van der Waals surface area contributed by atoms with Crippen LogP contribution in [0, 0.1) is 11.8 Å². The Bertz CT molecular complexity index is 479. The number of ether oxygens (including phenoxy) is 1. The lowest BCUT2D eigenvalue weighted by atomic mass is 9.85. The van der Waals surface area contributed by atoms with Crippen molar-refractivity contribution >= 4 is 24.0 Å². The third kappa shape index (κ3) is 5.50. The fourth-order valence-corrected chi connectivity index (χ4v) is 2.65. The Hall–Kier alpha value is -1.26. The molecule has 0 heterocycles. The predicted molar refractivity (Wildman–Crippen MR) is 92.6 cm³/mol. The Kier molecular flexibility index (Phi) is 7.69. The van der Waals surface area contributed by atoms with Crippen LogP contribution in [0.25, 0.3) is 0 Å². The number of nitrogens with two attached hydrogens (primary N) is 1. The van der Waals surface area contributed by atoms with E-state index in [1.54, 1.807) is 0 Å². The SMILES string of the molecule is CC(C)COc1ccccc1NC(=O)C1CCCC(N)C1.Cl. The lowest BCUT2D eigenvalue weighted by Crippen LogP contribution is -2.34. The van der Waals surface area contributed by atoms with E-state index in [-0.39, 0.29) is 30.3 Å². The second-order valence-corrected chi connectivity index (χ2v) is 6.31. The molecule has 1 aliphatic rings. The Balaban J connectivity index is 0.00000242. The monoisotopic (exact) mass is 326 g/mol. The van der Waals surface area contributed by atoms with Crippen LogP contribution in [0.4, 0.5) is 5.69 Å². The highest BCUT2D eigenvalue weighted by Crippen LogP contribution is 2.28. The number of para-hydroxylation sites is 2. The highest BCUT2D eigenvalue weighted by Gasteiger charge is 2.25. The largest absolute Gasteiger partial charge is 0.491 e. The molecule has 2 atom stereocenters. The maximum atomic E-state index is 12.4. The van der Waals surface area contributed by atoms with Crippen LogP contribution in [-0.2, 0) is 4.79 Å². The number of benzene rings is 1. The molecule has 0 saturated heterocycles. The number of hydrogen-bond donors (Lipinski definition) is 2. The number of anilines is 1. The Morgan fingerprint density at radius 3 is 2.77 bits per heavy atom. The van der Waals surface area contributed by atoms with E-state index in [9.17, 15) is 4.79 Å². The van der Waals surface area contributed by atoms with Gasteiger partial charge in [0, 0.05) is 12.0 Å². The van der Waals surface area contributed by atoms with Gasteiger partial charge in [0.1, 0.15) is 5.75 Å². The normalized spacial score (nSPS) is 21.1. The molecule has 1 fully saturated rings. The summed E-state index contributed by atoms with van der Waals surface area (Å²) in [7, 11) is 0. The first kappa shape index (κ1) is 18.8. The summed E-state index contributed by atoms with van der Waals surface area (Å²) >= 11 is 0. The molecule has 0 spiro atoms. The summed E-state index contributed by atoms with van der Waals surface area (Å²) in [5, 5.41) is 3.01. The number of carbonyl (C=O) groups is 1. The lowest BCUT2D eigenvalue weighted by molar-refractivity contribution is -0.120. The number of rotatable bonds is 5. The first-order valence-corrected chi connectivity index (χ1v) is 7.84. The van der Waals surface area contributed by atoms with Crippen LogP contribution in [0.5, 0.6) is 5.75 Å². The number of carbonyl (C=O) groups excluding carboxylic acids is 1. The fraction of sp³-hybridized carbons (Fsp3) is 0.588. The number of nitrogens with one attached hydrogen (secondary N) is 1.